The molecule has 2 aromatic rings. The van der Waals surface area contributed by atoms with E-state index in [1.54, 1.807) is 12.3 Å². The maximum Gasteiger partial charge on any atom is 0.439 e. The Hall–Kier alpha value is -3.50. The van der Waals surface area contributed by atoms with Gasteiger partial charge in [0.1, 0.15) is 0 Å². The molecule has 0 radical (unpaired) electrons. The highest BCUT2D eigenvalue weighted by atomic mass is 16.7. The van der Waals surface area contributed by atoms with E-state index in [1.807, 2.05) is 31.2 Å². The van der Waals surface area contributed by atoms with Gasteiger partial charge in [-0.25, -0.2) is 9.59 Å². The average molecular weight is 427 g/mol. The van der Waals surface area contributed by atoms with Crippen LogP contribution in [-0.4, -0.2) is 58.3 Å². The van der Waals surface area contributed by atoms with Crippen LogP contribution in [0.2, 0.25) is 0 Å². The Morgan fingerprint density at radius 3 is 2.71 bits per heavy atom. The highest BCUT2D eigenvalue weighted by Gasteiger charge is 2.24. The number of amides is 4. The molecule has 1 aliphatic heterocycles. The van der Waals surface area contributed by atoms with Crippen molar-refractivity contribution in [2.45, 2.75) is 26.3 Å². The van der Waals surface area contributed by atoms with Crippen LogP contribution >= 0.6 is 0 Å². The normalized spacial score (nSPS) is 13.2. The molecule has 3 rings (SSSR count). The van der Waals surface area contributed by atoms with Crippen molar-refractivity contribution in [1.82, 2.24) is 14.9 Å². The van der Waals surface area contributed by atoms with Crippen LogP contribution in [0.4, 0.5) is 21.0 Å². The van der Waals surface area contributed by atoms with Gasteiger partial charge in [0.25, 0.3) is 5.91 Å². The van der Waals surface area contributed by atoms with E-state index in [4.69, 9.17) is 5.11 Å². The lowest BCUT2D eigenvalue weighted by atomic mass is 9.97. The molecule has 3 N–H and O–H groups in total. The van der Waals surface area contributed by atoms with Crippen molar-refractivity contribution < 1.29 is 24.3 Å². The lowest BCUT2D eigenvalue weighted by Crippen LogP contribution is -2.38. The molecule has 0 bridgehead atoms. The van der Waals surface area contributed by atoms with Crippen molar-refractivity contribution in [3.8, 4) is 0 Å². The summed E-state index contributed by atoms with van der Waals surface area (Å²) in [6.07, 6.45) is 0.884. The third-order valence-electron chi connectivity index (χ3n) is 4.99. The SMILES string of the molecule is CON(C(=O)O)C(=O)CCN1CCc2c(cccc2NC(=O)Nc2ccc(C)nc2)C1. The number of pyridine rings is 1. The second kappa shape index (κ2) is 10.0. The van der Waals surface area contributed by atoms with Crippen molar-refractivity contribution in [2.75, 3.05) is 30.8 Å². The van der Waals surface area contributed by atoms with E-state index < -0.39 is 12.0 Å². The maximum absolute atomic E-state index is 12.4. The third kappa shape index (κ3) is 5.77. The van der Waals surface area contributed by atoms with Crippen LogP contribution in [0, 0.1) is 6.92 Å². The number of carbonyl (C=O) groups is 3. The standard InChI is InChI=1S/C21H25N5O5/c1-14-6-7-16(12-22-14)23-20(28)24-18-5-3-4-15-13-25(10-8-17(15)18)11-9-19(27)26(31-2)21(29)30/h3-7,12H,8-11,13H2,1-2H3,(H,29,30)(H2,23,24,28). The quantitative estimate of drug-likeness (QED) is 0.606. The second-order valence-electron chi connectivity index (χ2n) is 7.14. The Balaban J connectivity index is 1.58. The van der Waals surface area contributed by atoms with Gasteiger partial charge in [0, 0.05) is 37.4 Å². The number of urea groups is 1. The zero-order chi connectivity index (χ0) is 22.4. The minimum atomic E-state index is -1.44. The number of carbonyl (C=O) groups excluding carboxylic acids is 2. The Morgan fingerprint density at radius 1 is 1.23 bits per heavy atom. The molecule has 1 aromatic carbocycles. The van der Waals surface area contributed by atoms with E-state index in [2.05, 4.69) is 25.4 Å². The topological polar surface area (TPSA) is 124 Å². The zero-order valence-electron chi connectivity index (χ0n) is 17.4. The number of hydrogen-bond acceptors (Lipinski definition) is 6. The fraction of sp³-hybridized carbons (Fsp3) is 0.333. The van der Waals surface area contributed by atoms with E-state index >= 15 is 0 Å². The van der Waals surface area contributed by atoms with Gasteiger partial charge in [-0.3, -0.25) is 19.5 Å². The Morgan fingerprint density at radius 2 is 2.03 bits per heavy atom. The minimum Gasteiger partial charge on any atom is -0.463 e. The predicted molar refractivity (Wildman–Crippen MR) is 114 cm³/mol. The van der Waals surface area contributed by atoms with E-state index in [0.29, 0.717) is 36.8 Å². The van der Waals surface area contributed by atoms with Crippen molar-refractivity contribution in [3.63, 3.8) is 0 Å². The number of fused-ring (bicyclic) bond motifs is 1. The average Bonchev–Trinajstić information content (AvgIpc) is 2.74. The Kier molecular flexibility index (Phi) is 7.16. The van der Waals surface area contributed by atoms with Gasteiger partial charge in [0.05, 0.1) is 19.0 Å². The fourth-order valence-corrected chi connectivity index (χ4v) is 3.44. The summed E-state index contributed by atoms with van der Waals surface area (Å²) in [6.45, 7) is 3.56. The number of anilines is 2. The predicted octanol–water partition coefficient (Wildman–Crippen LogP) is 2.85. The van der Waals surface area contributed by atoms with E-state index in [9.17, 15) is 14.4 Å². The number of nitrogens with one attached hydrogen (secondary N) is 2. The van der Waals surface area contributed by atoms with Crippen LogP contribution in [0.25, 0.3) is 0 Å². The van der Waals surface area contributed by atoms with Crippen LogP contribution in [0.5, 0.6) is 0 Å². The van der Waals surface area contributed by atoms with Crippen molar-refractivity contribution >= 4 is 29.4 Å². The van der Waals surface area contributed by atoms with Gasteiger partial charge in [-0.1, -0.05) is 12.1 Å². The molecule has 2 heterocycles. The lowest BCUT2D eigenvalue weighted by molar-refractivity contribution is -0.164. The summed E-state index contributed by atoms with van der Waals surface area (Å²) in [6, 6.07) is 8.97. The zero-order valence-corrected chi connectivity index (χ0v) is 17.4. The maximum atomic E-state index is 12.4. The number of imide groups is 1. The summed E-state index contributed by atoms with van der Waals surface area (Å²) in [5, 5.41) is 14.9. The molecule has 4 amide bonds. The number of aryl methyl sites for hydroxylation is 1. The second-order valence-corrected chi connectivity index (χ2v) is 7.14. The van der Waals surface area contributed by atoms with Crippen molar-refractivity contribution in [2.24, 2.45) is 0 Å². The summed E-state index contributed by atoms with van der Waals surface area (Å²) in [5.41, 5.74) is 4.31. The smallest absolute Gasteiger partial charge is 0.439 e. The molecule has 0 saturated heterocycles. The third-order valence-corrected chi connectivity index (χ3v) is 4.99. The highest BCUT2D eigenvalue weighted by molar-refractivity contribution is 6.00. The molecule has 1 aromatic heterocycles. The number of hydrogen-bond donors (Lipinski definition) is 3. The molecule has 0 aliphatic carbocycles. The monoisotopic (exact) mass is 427 g/mol. The molecular weight excluding hydrogens is 402 g/mol. The van der Waals surface area contributed by atoms with Crippen LogP contribution in [0.3, 0.4) is 0 Å². The van der Waals surface area contributed by atoms with Gasteiger partial charge in [-0.2, -0.15) is 0 Å². The van der Waals surface area contributed by atoms with E-state index in [-0.39, 0.29) is 12.5 Å². The highest BCUT2D eigenvalue weighted by Crippen LogP contribution is 2.26. The molecule has 31 heavy (non-hydrogen) atoms. The summed E-state index contributed by atoms with van der Waals surface area (Å²) in [7, 11) is 1.14. The van der Waals surface area contributed by atoms with Crippen molar-refractivity contribution in [3.05, 3.63) is 53.3 Å². The van der Waals surface area contributed by atoms with Crippen LogP contribution in [-0.2, 0) is 22.6 Å². The minimum absolute atomic E-state index is 0.0282. The summed E-state index contributed by atoms with van der Waals surface area (Å²) in [4.78, 5) is 46.1. The molecule has 0 unspecified atom stereocenters. The van der Waals surface area contributed by atoms with Gasteiger partial charge in [0.15, 0.2) is 0 Å². The van der Waals surface area contributed by atoms with Crippen LogP contribution in [0.15, 0.2) is 36.5 Å². The molecular formula is C21H25N5O5. The Labute approximate surface area is 179 Å². The first-order chi connectivity index (χ1) is 14.9. The number of aromatic nitrogens is 1. The molecule has 164 valence electrons. The first kappa shape index (κ1) is 22.2. The molecule has 0 atom stereocenters. The first-order valence-electron chi connectivity index (χ1n) is 9.81. The summed E-state index contributed by atoms with van der Waals surface area (Å²) >= 11 is 0. The number of rotatable bonds is 6. The number of benzene rings is 1. The van der Waals surface area contributed by atoms with Gasteiger partial charge in [-0.05, 0) is 42.7 Å². The van der Waals surface area contributed by atoms with Crippen LogP contribution < -0.4 is 10.6 Å². The molecule has 0 fully saturated rings. The summed E-state index contributed by atoms with van der Waals surface area (Å²) < 4.78 is 0. The van der Waals surface area contributed by atoms with Gasteiger partial charge >= 0.3 is 12.1 Å². The van der Waals surface area contributed by atoms with Gasteiger partial charge in [0.2, 0.25) is 0 Å². The molecule has 0 saturated carbocycles. The lowest BCUT2D eigenvalue weighted by Gasteiger charge is -2.30. The largest absolute Gasteiger partial charge is 0.463 e. The van der Waals surface area contributed by atoms with Crippen molar-refractivity contribution in [1.29, 1.82) is 0 Å². The number of hydroxylamine groups is 2. The van der Waals surface area contributed by atoms with E-state index in [1.165, 1.54) is 0 Å². The summed E-state index contributed by atoms with van der Waals surface area (Å²) in [5.74, 6) is -0.613. The van der Waals surface area contributed by atoms with Gasteiger partial charge < -0.3 is 15.7 Å². The van der Waals surface area contributed by atoms with E-state index in [0.717, 1.165) is 29.6 Å². The number of nitrogens with zero attached hydrogens (tertiary/aromatic N) is 3. The molecule has 1 aliphatic rings. The molecule has 10 heteroatoms. The van der Waals surface area contributed by atoms with Crippen LogP contribution in [0.1, 0.15) is 23.2 Å². The number of carboxylic acid groups (broad SMARTS) is 1. The first-order valence-corrected chi connectivity index (χ1v) is 9.81. The Bertz CT molecular complexity index is 963. The molecule has 0 spiro atoms. The fourth-order valence-electron chi connectivity index (χ4n) is 3.44. The molecule has 10 nitrogen and oxygen atoms in total. The van der Waals surface area contributed by atoms with Gasteiger partial charge in [-0.15, -0.1) is 5.06 Å².